The van der Waals surface area contributed by atoms with Crippen molar-refractivity contribution in [2.75, 3.05) is 27.9 Å². The number of ether oxygens (including phenoxy) is 6. The SMILES string of the molecule is COc1cc(O[C@@H]2O[C@H](CO)[C@@H](O)[C@H](O)[C@H]2O)c2c(c1)O[C@H](c1cc(OC)c(O)c(OC)c1)[C@@H](O)C2. The average Bonchev–Trinajstić information content (AvgIpc) is 2.88. The van der Waals surface area contributed by atoms with Crippen molar-refractivity contribution in [1.82, 2.24) is 0 Å². The molecule has 1 fully saturated rings. The first-order valence-corrected chi connectivity index (χ1v) is 11.2. The molecule has 0 aliphatic carbocycles. The van der Waals surface area contributed by atoms with Gasteiger partial charge in [0.15, 0.2) is 17.6 Å². The first kappa shape index (κ1) is 26.1. The number of benzene rings is 2. The molecular formula is C24H30O12. The van der Waals surface area contributed by atoms with E-state index in [1.54, 1.807) is 6.07 Å². The van der Waals surface area contributed by atoms with Crippen molar-refractivity contribution in [3.8, 4) is 34.5 Å². The van der Waals surface area contributed by atoms with Crippen LogP contribution in [0.3, 0.4) is 0 Å². The third kappa shape index (κ3) is 4.71. The molecule has 2 aromatic carbocycles. The van der Waals surface area contributed by atoms with Gasteiger partial charge in [-0.25, -0.2) is 0 Å². The Hall–Kier alpha value is -3.00. The summed E-state index contributed by atoms with van der Waals surface area (Å²) in [5.41, 5.74) is 0.924. The lowest BCUT2D eigenvalue weighted by Gasteiger charge is -2.40. The van der Waals surface area contributed by atoms with Crippen molar-refractivity contribution < 1.29 is 59.1 Å². The Morgan fingerprint density at radius 1 is 0.861 bits per heavy atom. The normalized spacial score (nSPS) is 29.6. The van der Waals surface area contributed by atoms with Crippen molar-refractivity contribution >= 4 is 0 Å². The largest absolute Gasteiger partial charge is 0.502 e. The van der Waals surface area contributed by atoms with Crippen LogP contribution < -0.4 is 23.7 Å². The number of hydrogen-bond donors (Lipinski definition) is 6. The van der Waals surface area contributed by atoms with Gasteiger partial charge in [0, 0.05) is 29.7 Å². The molecule has 0 radical (unpaired) electrons. The second kappa shape index (κ2) is 10.5. The Labute approximate surface area is 206 Å². The third-order valence-corrected chi connectivity index (χ3v) is 6.32. The molecule has 12 heteroatoms. The summed E-state index contributed by atoms with van der Waals surface area (Å²) in [4.78, 5) is 0. The Morgan fingerprint density at radius 3 is 2.11 bits per heavy atom. The highest BCUT2D eigenvalue weighted by atomic mass is 16.7. The van der Waals surface area contributed by atoms with E-state index in [0.29, 0.717) is 22.6 Å². The number of methoxy groups -OCH3 is 3. The van der Waals surface area contributed by atoms with Crippen molar-refractivity contribution in [3.63, 3.8) is 0 Å². The molecule has 0 unspecified atom stereocenters. The summed E-state index contributed by atoms with van der Waals surface area (Å²) in [6.45, 7) is -0.607. The average molecular weight is 510 g/mol. The van der Waals surface area contributed by atoms with E-state index < -0.39 is 49.5 Å². The predicted molar refractivity (Wildman–Crippen MR) is 122 cm³/mol. The van der Waals surface area contributed by atoms with E-state index in [2.05, 4.69) is 0 Å². The van der Waals surface area contributed by atoms with E-state index in [-0.39, 0.29) is 29.4 Å². The number of aliphatic hydroxyl groups is 5. The van der Waals surface area contributed by atoms with Gasteiger partial charge in [-0.15, -0.1) is 0 Å². The molecule has 12 nitrogen and oxygen atoms in total. The Kier molecular flexibility index (Phi) is 7.64. The van der Waals surface area contributed by atoms with Crippen LogP contribution in [0.1, 0.15) is 17.2 Å². The standard InChI is InChI=1S/C24H30O12/c1-31-11-6-14-12(15(7-11)35-24-22(30)21(29)20(28)18(9-25)36-24)8-13(26)23(34-14)10-4-16(32-2)19(27)17(5-10)33-3/h4-7,13,18,20-30H,8-9H2,1-3H3/t13-,18+,20+,21-,22+,23+,24+/m0/s1. The van der Waals surface area contributed by atoms with Gasteiger partial charge < -0.3 is 59.1 Å². The fourth-order valence-corrected chi connectivity index (χ4v) is 4.31. The summed E-state index contributed by atoms with van der Waals surface area (Å²) in [5.74, 6) is 0.893. The summed E-state index contributed by atoms with van der Waals surface area (Å²) in [6, 6.07) is 6.16. The van der Waals surface area contributed by atoms with Gasteiger partial charge >= 0.3 is 0 Å². The van der Waals surface area contributed by atoms with Gasteiger partial charge in [0.2, 0.25) is 12.0 Å². The first-order valence-electron chi connectivity index (χ1n) is 11.2. The maximum Gasteiger partial charge on any atom is 0.229 e. The maximum atomic E-state index is 11.0. The summed E-state index contributed by atoms with van der Waals surface area (Å²) < 4.78 is 33.2. The molecule has 36 heavy (non-hydrogen) atoms. The van der Waals surface area contributed by atoms with Gasteiger partial charge in [-0.05, 0) is 12.1 Å². The molecule has 7 atom stereocenters. The summed E-state index contributed by atoms with van der Waals surface area (Å²) in [5, 5.41) is 61.2. The second-order valence-corrected chi connectivity index (χ2v) is 8.50. The fourth-order valence-electron chi connectivity index (χ4n) is 4.31. The van der Waals surface area contributed by atoms with Crippen molar-refractivity contribution in [2.24, 2.45) is 0 Å². The van der Waals surface area contributed by atoms with Gasteiger partial charge in [0.25, 0.3) is 0 Å². The lowest BCUT2D eigenvalue weighted by molar-refractivity contribution is -0.277. The second-order valence-electron chi connectivity index (χ2n) is 8.50. The highest BCUT2D eigenvalue weighted by Gasteiger charge is 2.45. The smallest absolute Gasteiger partial charge is 0.229 e. The highest BCUT2D eigenvalue weighted by Crippen LogP contribution is 2.46. The fraction of sp³-hybridized carbons (Fsp3) is 0.500. The molecule has 2 aromatic rings. The molecule has 2 aliphatic heterocycles. The van der Waals surface area contributed by atoms with Gasteiger partial charge in [0.05, 0.1) is 34.0 Å². The molecular weight excluding hydrogens is 480 g/mol. The molecule has 0 aromatic heterocycles. The van der Waals surface area contributed by atoms with Crippen molar-refractivity contribution in [2.45, 2.75) is 49.3 Å². The zero-order chi connectivity index (χ0) is 26.1. The van der Waals surface area contributed by atoms with Crippen LogP contribution in [0.15, 0.2) is 24.3 Å². The van der Waals surface area contributed by atoms with Crippen molar-refractivity contribution in [1.29, 1.82) is 0 Å². The molecule has 4 rings (SSSR count). The van der Waals surface area contributed by atoms with Gasteiger partial charge in [0.1, 0.15) is 41.7 Å². The molecule has 0 bridgehead atoms. The van der Waals surface area contributed by atoms with E-state index in [0.717, 1.165) is 0 Å². The van der Waals surface area contributed by atoms with Crippen LogP contribution in [0.25, 0.3) is 0 Å². The van der Waals surface area contributed by atoms with E-state index in [1.165, 1.54) is 39.5 Å². The molecule has 0 spiro atoms. The minimum atomic E-state index is -1.62. The first-order chi connectivity index (χ1) is 17.2. The molecule has 198 valence electrons. The quantitative estimate of drug-likeness (QED) is 0.285. The summed E-state index contributed by atoms with van der Waals surface area (Å²) in [7, 11) is 4.21. The van der Waals surface area contributed by atoms with Crippen LogP contribution in [0, 0.1) is 0 Å². The number of hydrogen-bond acceptors (Lipinski definition) is 12. The van der Waals surface area contributed by atoms with E-state index in [4.69, 9.17) is 28.4 Å². The number of fused-ring (bicyclic) bond motifs is 1. The zero-order valence-corrected chi connectivity index (χ0v) is 19.9. The number of aliphatic hydroxyl groups excluding tert-OH is 5. The zero-order valence-electron chi connectivity index (χ0n) is 19.9. The predicted octanol–water partition coefficient (Wildman–Crippen LogP) is -0.366. The van der Waals surface area contributed by atoms with Gasteiger partial charge in [-0.3, -0.25) is 0 Å². The van der Waals surface area contributed by atoms with Crippen LogP contribution in [0.2, 0.25) is 0 Å². The Balaban J connectivity index is 1.67. The van der Waals surface area contributed by atoms with Crippen LogP contribution in [0.5, 0.6) is 34.5 Å². The van der Waals surface area contributed by atoms with Crippen LogP contribution in [-0.2, 0) is 11.2 Å². The lowest BCUT2D eigenvalue weighted by atomic mass is 9.93. The number of phenolic OH excluding ortho intramolecular Hbond substituents is 1. The minimum absolute atomic E-state index is 0.0578. The topological polar surface area (TPSA) is 177 Å². The van der Waals surface area contributed by atoms with Crippen LogP contribution >= 0.6 is 0 Å². The van der Waals surface area contributed by atoms with Gasteiger partial charge in [-0.2, -0.15) is 0 Å². The molecule has 0 saturated carbocycles. The Morgan fingerprint density at radius 2 is 1.53 bits per heavy atom. The molecule has 2 aliphatic rings. The summed E-state index contributed by atoms with van der Waals surface area (Å²) in [6.07, 6.45) is -9.23. The number of aromatic hydroxyl groups is 1. The van der Waals surface area contributed by atoms with E-state index in [9.17, 15) is 30.6 Å². The molecule has 6 N–H and O–H groups in total. The third-order valence-electron chi connectivity index (χ3n) is 6.32. The monoisotopic (exact) mass is 510 g/mol. The maximum absolute atomic E-state index is 11.0. The van der Waals surface area contributed by atoms with Gasteiger partial charge in [-0.1, -0.05) is 0 Å². The summed E-state index contributed by atoms with van der Waals surface area (Å²) >= 11 is 0. The van der Waals surface area contributed by atoms with Crippen LogP contribution in [-0.4, -0.2) is 95.4 Å². The van der Waals surface area contributed by atoms with Crippen LogP contribution in [0.4, 0.5) is 0 Å². The van der Waals surface area contributed by atoms with Crippen molar-refractivity contribution in [3.05, 3.63) is 35.4 Å². The molecule has 1 saturated heterocycles. The Bertz CT molecular complexity index is 1050. The van der Waals surface area contributed by atoms with E-state index in [1.807, 2.05) is 0 Å². The molecule has 0 amide bonds. The highest BCUT2D eigenvalue weighted by molar-refractivity contribution is 5.56. The minimum Gasteiger partial charge on any atom is -0.502 e. The number of rotatable bonds is 7. The van der Waals surface area contributed by atoms with E-state index >= 15 is 0 Å². The lowest BCUT2D eigenvalue weighted by Crippen LogP contribution is -2.60. The number of phenols is 1. The molecule has 2 heterocycles.